The van der Waals surface area contributed by atoms with Crippen LogP contribution >= 0.6 is 19.6 Å². The normalized spacial score (nSPS) is 12.3. The third-order valence-corrected chi connectivity index (χ3v) is 9.61. The SMILES string of the molecule is CCCCCCCCCCCCCCC(=O)O[C@H](COC(=O)CCCCCCCCCCCCCCCSC(C)=O)COP(=O)(O)O. The fourth-order valence-electron chi connectivity index (χ4n) is 5.44. The number of phosphoric acid groups is 1. The summed E-state index contributed by atoms with van der Waals surface area (Å²) in [5.74, 6) is 0.0512. The number of hydrogen-bond donors (Lipinski definition) is 2. The molecule has 2 N–H and O–H groups in total. The summed E-state index contributed by atoms with van der Waals surface area (Å²) >= 11 is 1.43. The summed E-state index contributed by atoms with van der Waals surface area (Å²) in [4.78, 5) is 53.6. The molecule has 0 saturated carbocycles. The molecule has 0 aliphatic carbocycles. The first-order chi connectivity index (χ1) is 22.6. The van der Waals surface area contributed by atoms with Crippen molar-refractivity contribution in [3.8, 4) is 0 Å². The van der Waals surface area contributed by atoms with Crippen molar-refractivity contribution in [2.24, 2.45) is 0 Å². The number of phosphoric ester groups is 1. The van der Waals surface area contributed by atoms with Crippen molar-refractivity contribution < 1.29 is 42.7 Å². The van der Waals surface area contributed by atoms with Crippen LogP contribution in [0.1, 0.15) is 187 Å². The fraction of sp³-hybridized carbons (Fsp3) is 0.917. The van der Waals surface area contributed by atoms with Gasteiger partial charge >= 0.3 is 19.8 Å². The molecule has 0 aromatic rings. The van der Waals surface area contributed by atoms with Crippen LogP contribution < -0.4 is 0 Å². The van der Waals surface area contributed by atoms with E-state index in [4.69, 9.17) is 19.3 Å². The predicted molar refractivity (Wildman–Crippen MR) is 192 cm³/mol. The highest BCUT2D eigenvalue weighted by atomic mass is 32.2. The van der Waals surface area contributed by atoms with Crippen LogP contribution in [0.15, 0.2) is 0 Å². The minimum absolute atomic E-state index is 0.210. The van der Waals surface area contributed by atoms with Gasteiger partial charge in [-0.1, -0.05) is 160 Å². The Kier molecular flexibility index (Phi) is 32.9. The average molecular weight is 709 g/mol. The van der Waals surface area contributed by atoms with Gasteiger partial charge in [-0.15, -0.1) is 0 Å². The van der Waals surface area contributed by atoms with Crippen molar-refractivity contribution in [2.45, 2.75) is 193 Å². The van der Waals surface area contributed by atoms with Crippen LogP contribution in [0.3, 0.4) is 0 Å². The van der Waals surface area contributed by atoms with E-state index in [0.717, 1.165) is 50.7 Å². The molecule has 0 aromatic carbocycles. The number of carbonyl (C=O) groups excluding carboxylic acids is 3. The molecule has 0 aliphatic heterocycles. The van der Waals surface area contributed by atoms with Crippen LogP contribution in [0.25, 0.3) is 0 Å². The Morgan fingerprint density at radius 3 is 1.36 bits per heavy atom. The maximum absolute atomic E-state index is 12.3. The van der Waals surface area contributed by atoms with Crippen LogP contribution in [-0.2, 0) is 32.9 Å². The van der Waals surface area contributed by atoms with Crippen molar-refractivity contribution in [1.29, 1.82) is 0 Å². The summed E-state index contributed by atoms with van der Waals surface area (Å²) in [7, 11) is -4.75. The first-order valence-corrected chi connectivity index (χ1v) is 21.3. The molecule has 278 valence electrons. The smallest absolute Gasteiger partial charge is 0.462 e. The van der Waals surface area contributed by atoms with Gasteiger partial charge in [0.15, 0.2) is 11.2 Å². The molecule has 0 bridgehead atoms. The average Bonchev–Trinajstić information content (AvgIpc) is 3.02. The number of esters is 2. The van der Waals surface area contributed by atoms with Crippen molar-refractivity contribution in [3.63, 3.8) is 0 Å². The van der Waals surface area contributed by atoms with E-state index in [1.165, 1.54) is 114 Å². The molecule has 0 unspecified atom stereocenters. The van der Waals surface area contributed by atoms with Gasteiger partial charge in [-0.05, 0) is 19.3 Å². The summed E-state index contributed by atoms with van der Waals surface area (Å²) < 4.78 is 26.3. The van der Waals surface area contributed by atoms with Crippen molar-refractivity contribution in [1.82, 2.24) is 0 Å². The van der Waals surface area contributed by atoms with Crippen LogP contribution in [0.4, 0.5) is 0 Å². The van der Waals surface area contributed by atoms with Gasteiger partial charge in [0.25, 0.3) is 0 Å². The van der Waals surface area contributed by atoms with E-state index < -0.39 is 32.5 Å². The molecule has 0 fully saturated rings. The molecule has 0 heterocycles. The number of hydrogen-bond acceptors (Lipinski definition) is 8. The number of thioether (sulfide) groups is 1. The van der Waals surface area contributed by atoms with Crippen LogP contribution in [0.2, 0.25) is 0 Å². The van der Waals surface area contributed by atoms with E-state index >= 15 is 0 Å². The van der Waals surface area contributed by atoms with Crippen molar-refractivity contribution >= 4 is 36.6 Å². The van der Waals surface area contributed by atoms with E-state index in [9.17, 15) is 18.9 Å². The lowest BCUT2D eigenvalue weighted by Crippen LogP contribution is -2.29. The zero-order valence-corrected chi connectivity index (χ0v) is 31.6. The van der Waals surface area contributed by atoms with Crippen LogP contribution in [0.5, 0.6) is 0 Å². The number of ether oxygens (including phenoxy) is 2. The van der Waals surface area contributed by atoms with E-state index in [1.54, 1.807) is 6.92 Å². The molecular formula is C36H69O9PS. The lowest BCUT2D eigenvalue weighted by atomic mass is 10.0. The van der Waals surface area contributed by atoms with E-state index in [-0.39, 0.29) is 24.6 Å². The molecule has 0 rings (SSSR count). The van der Waals surface area contributed by atoms with Crippen LogP contribution in [-0.4, -0.2) is 51.9 Å². The fourth-order valence-corrected chi connectivity index (χ4v) is 6.44. The maximum atomic E-state index is 12.3. The monoisotopic (exact) mass is 708 g/mol. The van der Waals surface area contributed by atoms with E-state index in [1.807, 2.05) is 0 Å². The lowest BCUT2D eigenvalue weighted by Gasteiger charge is -2.18. The highest BCUT2D eigenvalue weighted by molar-refractivity contribution is 8.13. The Bertz CT molecular complexity index is 805. The molecule has 0 aliphatic rings. The minimum Gasteiger partial charge on any atom is -0.462 e. The van der Waals surface area contributed by atoms with Gasteiger partial charge in [0.1, 0.15) is 6.61 Å². The predicted octanol–water partition coefficient (Wildman–Crippen LogP) is 10.4. The Hall–Kier alpha value is -0.930. The lowest BCUT2D eigenvalue weighted by molar-refractivity contribution is -0.161. The third kappa shape index (κ3) is 37.7. The Balaban J connectivity index is 3.88. The molecule has 0 amide bonds. The van der Waals surface area contributed by atoms with Gasteiger partial charge in [0, 0.05) is 25.5 Å². The van der Waals surface area contributed by atoms with Gasteiger partial charge < -0.3 is 19.3 Å². The first-order valence-electron chi connectivity index (χ1n) is 18.8. The largest absolute Gasteiger partial charge is 0.469 e. The van der Waals surface area contributed by atoms with Gasteiger partial charge in [-0.2, -0.15) is 0 Å². The molecule has 47 heavy (non-hydrogen) atoms. The quantitative estimate of drug-likeness (QED) is 0.0372. The maximum Gasteiger partial charge on any atom is 0.469 e. The summed E-state index contributed by atoms with van der Waals surface area (Å²) in [5, 5.41) is 0.211. The summed E-state index contributed by atoms with van der Waals surface area (Å²) in [6.07, 6.45) is 28.7. The van der Waals surface area contributed by atoms with Crippen molar-refractivity contribution in [3.05, 3.63) is 0 Å². The zero-order valence-electron chi connectivity index (χ0n) is 29.9. The van der Waals surface area contributed by atoms with Gasteiger partial charge in [-0.3, -0.25) is 18.9 Å². The van der Waals surface area contributed by atoms with Gasteiger partial charge in [-0.25, -0.2) is 4.57 Å². The third-order valence-electron chi connectivity index (χ3n) is 8.22. The summed E-state index contributed by atoms with van der Waals surface area (Å²) in [6, 6.07) is 0. The second-order valence-corrected chi connectivity index (χ2v) is 15.4. The highest BCUT2D eigenvalue weighted by Crippen LogP contribution is 2.36. The molecular weight excluding hydrogens is 639 g/mol. The Morgan fingerprint density at radius 1 is 0.574 bits per heavy atom. The molecule has 0 radical (unpaired) electrons. The number of carbonyl (C=O) groups is 3. The Morgan fingerprint density at radius 2 is 0.957 bits per heavy atom. The molecule has 0 saturated heterocycles. The first kappa shape index (κ1) is 46.1. The van der Waals surface area contributed by atoms with Gasteiger partial charge in [0.2, 0.25) is 0 Å². The van der Waals surface area contributed by atoms with E-state index in [2.05, 4.69) is 11.4 Å². The summed E-state index contributed by atoms with van der Waals surface area (Å²) in [5.41, 5.74) is 0. The molecule has 0 aromatic heterocycles. The van der Waals surface area contributed by atoms with Gasteiger partial charge in [0.05, 0.1) is 6.61 Å². The highest BCUT2D eigenvalue weighted by Gasteiger charge is 2.22. The second kappa shape index (κ2) is 33.6. The molecule has 1 atom stereocenters. The van der Waals surface area contributed by atoms with Crippen molar-refractivity contribution in [2.75, 3.05) is 19.0 Å². The van der Waals surface area contributed by atoms with Crippen LogP contribution in [0, 0.1) is 0 Å². The number of rotatable bonds is 35. The standard InChI is InChI=1S/C36H69O9PS/c1-3-4-5-6-7-8-9-13-17-20-23-26-29-36(39)45-34(32-44-46(40,41)42)31-43-35(38)28-25-22-19-16-14-11-10-12-15-18-21-24-27-30-47-33(2)37/h34H,3-32H2,1-2H3,(H2,40,41,42)/t34-/m1/s1. The Labute approximate surface area is 291 Å². The molecule has 0 spiro atoms. The van der Waals surface area contributed by atoms with E-state index in [0.29, 0.717) is 12.8 Å². The zero-order chi connectivity index (χ0) is 34.9. The number of unbranched alkanes of at least 4 members (excludes halogenated alkanes) is 23. The second-order valence-electron chi connectivity index (χ2n) is 12.9. The molecule has 11 heteroatoms. The summed E-state index contributed by atoms with van der Waals surface area (Å²) in [6.45, 7) is 3.03. The minimum atomic E-state index is -4.75. The molecule has 9 nitrogen and oxygen atoms in total. The topological polar surface area (TPSA) is 136 Å².